The van der Waals surface area contributed by atoms with Gasteiger partial charge in [-0.25, -0.2) is 4.68 Å². The minimum atomic E-state index is -0.916. The van der Waals surface area contributed by atoms with Crippen LogP contribution in [0.25, 0.3) is 5.69 Å². The zero-order valence-electron chi connectivity index (χ0n) is 15.6. The Morgan fingerprint density at radius 1 is 1.30 bits per heavy atom. The number of aromatic nitrogens is 2. The van der Waals surface area contributed by atoms with Gasteiger partial charge in [0.2, 0.25) is 0 Å². The summed E-state index contributed by atoms with van der Waals surface area (Å²) in [6.07, 6.45) is 3.83. The van der Waals surface area contributed by atoms with Gasteiger partial charge >= 0.3 is 5.97 Å². The molecule has 7 heteroatoms. The number of hydrogen-bond acceptors (Lipinski definition) is 4. The van der Waals surface area contributed by atoms with Crippen LogP contribution in [0.4, 0.5) is 0 Å². The molecular weight excluding hydrogens is 346 g/mol. The maximum absolute atomic E-state index is 12.9. The van der Waals surface area contributed by atoms with Crippen LogP contribution in [0.1, 0.15) is 50.0 Å². The van der Waals surface area contributed by atoms with Crippen molar-refractivity contribution in [2.75, 3.05) is 6.61 Å². The van der Waals surface area contributed by atoms with Crippen molar-refractivity contribution in [2.24, 2.45) is 5.92 Å². The van der Waals surface area contributed by atoms with E-state index in [2.05, 4.69) is 10.4 Å². The van der Waals surface area contributed by atoms with Gasteiger partial charge in [-0.15, -0.1) is 0 Å². The zero-order chi connectivity index (χ0) is 19.4. The van der Waals surface area contributed by atoms with Crippen molar-refractivity contribution in [1.29, 1.82) is 0 Å². The second-order valence-corrected chi connectivity index (χ2v) is 7.49. The number of carboxylic acid groups (broad SMARTS) is 1. The van der Waals surface area contributed by atoms with Crippen molar-refractivity contribution >= 4 is 11.9 Å². The van der Waals surface area contributed by atoms with E-state index in [4.69, 9.17) is 9.84 Å². The molecule has 0 aliphatic heterocycles. The Labute approximate surface area is 158 Å². The predicted molar refractivity (Wildman–Crippen MR) is 100 cm³/mol. The first-order valence-corrected chi connectivity index (χ1v) is 9.21. The maximum atomic E-state index is 12.9. The average molecular weight is 371 g/mol. The monoisotopic (exact) mass is 371 g/mol. The highest BCUT2D eigenvalue weighted by Crippen LogP contribution is 2.35. The number of aliphatic carboxylic acids is 1. The highest BCUT2D eigenvalue weighted by molar-refractivity contribution is 5.95. The third-order valence-corrected chi connectivity index (χ3v) is 4.67. The van der Waals surface area contributed by atoms with Crippen LogP contribution >= 0.6 is 0 Å². The summed E-state index contributed by atoms with van der Waals surface area (Å²) < 4.78 is 7.41. The molecule has 2 aromatic rings. The lowest BCUT2D eigenvalue weighted by molar-refractivity contribution is -0.139. The quantitative estimate of drug-likeness (QED) is 0.744. The molecule has 0 radical (unpaired) electrons. The van der Waals surface area contributed by atoms with Crippen molar-refractivity contribution in [2.45, 2.75) is 45.1 Å². The fourth-order valence-corrected chi connectivity index (χ4v) is 3.13. The van der Waals surface area contributed by atoms with E-state index in [0.29, 0.717) is 31.1 Å². The Morgan fingerprint density at radius 3 is 2.56 bits per heavy atom. The Hall–Kier alpha value is -2.83. The summed E-state index contributed by atoms with van der Waals surface area (Å²) in [5.74, 6) is -0.619. The molecule has 1 aromatic heterocycles. The Bertz CT molecular complexity index is 810. The Morgan fingerprint density at radius 2 is 2.00 bits per heavy atom. The number of nitrogens with one attached hydrogen (secondary N) is 1. The molecule has 3 rings (SSSR count). The van der Waals surface area contributed by atoms with Crippen molar-refractivity contribution in [3.63, 3.8) is 0 Å². The minimum absolute atomic E-state index is 0.0830. The van der Waals surface area contributed by atoms with E-state index < -0.39 is 17.4 Å². The topological polar surface area (TPSA) is 93.5 Å². The summed E-state index contributed by atoms with van der Waals surface area (Å²) in [6, 6.07) is 9.46. The molecule has 1 saturated carbocycles. The van der Waals surface area contributed by atoms with Crippen LogP contribution in [0.5, 0.6) is 5.75 Å². The van der Waals surface area contributed by atoms with Crippen molar-refractivity contribution in [3.05, 3.63) is 42.2 Å². The van der Waals surface area contributed by atoms with Gasteiger partial charge in [-0.05, 0) is 37.3 Å². The number of carbonyl (C=O) groups is 2. The summed E-state index contributed by atoms with van der Waals surface area (Å²) in [5, 5.41) is 16.5. The van der Waals surface area contributed by atoms with Crippen LogP contribution in [0.15, 0.2) is 36.5 Å². The predicted octanol–water partition coefficient (Wildman–Crippen LogP) is 3.03. The van der Waals surface area contributed by atoms with E-state index in [9.17, 15) is 9.59 Å². The number of carbonyl (C=O) groups excluding carboxylic acids is 1. The van der Waals surface area contributed by atoms with E-state index in [0.717, 1.165) is 12.1 Å². The second-order valence-electron chi connectivity index (χ2n) is 7.49. The molecule has 1 heterocycles. The number of carboxylic acids is 1. The second kappa shape index (κ2) is 7.82. The molecular formula is C20H25N3O4. The highest BCUT2D eigenvalue weighted by Gasteiger charge is 2.41. The van der Waals surface area contributed by atoms with Gasteiger partial charge in [0.15, 0.2) is 11.4 Å². The van der Waals surface area contributed by atoms with Gasteiger partial charge in [-0.1, -0.05) is 32.0 Å². The van der Waals surface area contributed by atoms with Crippen molar-refractivity contribution in [1.82, 2.24) is 15.1 Å². The number of hydrogen-bond donors (Lipinski definition) is 2. The molecule has 1 amide bonds. The number of nitrogens with zero attached hydrogens (tertiary/aromatic N) is 2. The smallest absolute Gasteiger partial charge is 0.305 e. The summed E-state index contributed by atoms with van der Waals surface area (Å²) in [6.45, 7) is 4.51. The molecule has 144 valence electrons. The molecule has 1 aromatic carbocycles. The van der Waals surface area contributed by atoms with Crippen LogP contribution in [-0.4, -0.2) is 38.9 Å². The number of para-hydroxylation sites is 1. The van der Waals surface area contributed by atoms with Gasteiger partial charge in [-0.2, -0.15) is 5.10 Å². The van der Waals surface area contributed by atoms with Gasteiger partial charge in [0, 0.05) is 0 Å². The number of rotatable bonds is 8. The molecule has 0 spiro atoms. The van der Waals surface area contributed by atoms with Gasteiger partial charge in [0.25, 0.3) is 5.91 Å². The van der Waals surface area contributed by atoms with Crippen LogP contribution in [-0.2, 0) is 4.79 Å². The van der Waals surface area contributed by atoms with E-state index in [1.807, 2.05) is 44.2 Å². The molecule has 1 aliphatic rings. The number of amides is 1. The minimum Gasteiger partial charge on any atom is -0.489 e. The fraction of sp³-hybridized carbons (Fsp3) is 0.450. The lowest BCUT2D eigenvalue weighted by Gasteiger charge is -2.41. The normalized spacial score (nSPS) is 15.2. The summed E-state index contributed by atoms with van der Waals surface area (Å²) in [4.78, 5) is 24.0. The van der Waals surface area contributed by atoms with E-state index in [-0.39, 0.29) is 12.1 Å². The lowest BCUT2D eigenvalue weighted by Crippen LogP contribution is -2.54. The van der Waals surface area contributed by atoms with Gasteiger partial charge in [0.05, 0.1) is 30.5 Å². The summed E-state index contributed by atoms with van der Waals surface area (Å²) in [5.41, 5.74) is 0.306. The molecule has 7 nitrogen and oxygen atoms in total. The first-order valence-electron chi connectivity index (χ1n) is 9.21. The van der Waals surface area contributed by atoms with Crippen LogP contribution in [0.2, 0.25) is 0 Å². The Balaban J connectivity index is 1.86. The number of benzene rings is 1. The molecule has 0 bridgehead atoms. The lowest BCUT2D eigenvalue weighted by atomic mass is 9.74. The molecule has 2 N–H and O–H groups in total. The molecule has 27 heavy (non-hydrogen) atoms. The first kappa shape index (κ1) is 18.9. The van der Waals surface area contributed by atoms with Gasteiger partial charge in [0.1, 0.15) is 0 Å². The van der Waals surface area contributed by atoms with Crippen molar-refractivity contribution in [3.8, 4) is 11.4 Å². The molecule has 0 atom stereocenters. The largest absolute Gasteiger partial charge is 0.489 e. The molecule has 1 fully saturated rings. The van der Waals surface area contributed by atoms with Gasteiger partial charge < -0.3 is 15.2 Å². The molecule has 0 saturated heterocycles. The van der Waals surface area contributed by atoms with Crippen molar-refractivity contribution < 1.29 is 19.4 Å². The van der Waals surface area contributed by atoms with E-state index in [1.165, 1.54) is 0 Å². The SMILES string of the molecule is CC(C)COc1cn(-c2ccccc2)nc1C(=O)NC1(CC(=O)O)CCC1. The standard InChI is InChI=1S/C20H25N3O4/c1-14(2)13-27-16-12-23(15-7-4-3-5-8-15)22-18(16)19(26)21-20(9-6-10-20)11-17(24)25/h3-5,7-8,12,14H,6,9-11,13H2,1-2H3,(H,21,26)(H,24,25). The summed E-state index contributed by atoms with van der Waals surface area (Å²) in [7, 11) is 0. The average Bonchev–Trinajstić information content (AvgIpc) is 3.03. The van der Waals surface area contributed by atoms with Crippen LogP contribution in [0, 0.1) is 5.92 Å². The maximum Gasteiger partial charge on any atom is 0.305 e. The van der Waals surface area contributed by atoms with Crippen LogP contribution < -0.4 is 10.1 Å². The summed E-state index contributed by atoms with van der Waals surface area (Å²) >= 11 is 0. The first-order chi connectivity index (χ1) is 12.9. The highest BCUT2D eigenvalue weighted by atomic mass is 16.5. The number of ether oxygens (including phenoxy) is 1. The van der Waals surface area contributed by atoms with Crippen LogP contribution in [0.3, 0.4) is 0 Å². The molecule has 1 aliphatic carbocycles. The molecule has 0 unspecified atom stereocenters. The zero-order valence-corrected chi connectivity index (χ0v) is 15.6. The third-order valence-electron chi connectivity index (χ3n) is 4.67. The van der Waals surface area contributed by atoms with E-state index >= 15 is 0 Å². The Kier molecular flexibility index (Phi) is 5.48. The third kappa shape index (κ3) is 4.48. The van der Waals surface area contributed by atoms with Gasteiger partial charge in [-0.3, -0.25) is 9.59 Å². The van der Waals surface area contributed by atoms with E-state index in [1.54, 1.807) is 10.9 Å². The fourth-order valence-electron chi connectivity index (χ4n) is 3.13.